The Hall–Kier alpha value is -0.560. The largest absolute Gasteiger partial charge is 0.320 e. The van der Waals surface area contributed by atoms with Crippen LogP contribution in [0, 0.1) is 17.8 Å². The van der Waals surface area contributed by atoms with Crippen molar-refractivity contribution < 1.29 is 4.48 Å². The summed E-state index contributed by atoms with van der Waals surface area (Å²) in [5.74, 6) is 2.47. The second-order valence-corrected chi connectivity index (χ2v) is 7.22. The lowest BCUT2D eigenvalue weighted by Gasteiger charge is -2.46. The van der Waals surface area contributed by atoms with Crippen molar-refractivity contribution in [3.8, 4) is 0 Å². The normalized spacial score (nSPS) is 34.7. The van der Waals surface area contributed by atoms with Gasteiger partial charge in [-0.2, -0.15) is 0 Å². The molecule has 1 saturated heterocycles. The molecule has 1 fully saturated rings. The predicted molar refractivity (Wildman–Crippen MR) is 84.0 cm³/mol. The number of piperidine rings is 1. The van der Waals surface area contributed by atoms with Crippen molar-refractivity contribution in [2.45, 2.75) is 46.5 Å². The van der Waals surface area contributed by atoms with E-state index in [9.17, 15) is 0 Å². The van der Waals surface area contributed by atoms with Gasteiger partial charge in [0, 0.05) is 5.92 Å². The molecule has 0 aromatic carbocycles. The van der Waals surface area contributed by atoms with Crippen LogP contribution in [0.4, 0.5) is 0 Å². The van der Waals surface area contributed by atoms with Crippen molar-refractivity contribution >= 4 is 0 Å². The van der Waals surface area contributed by atoms with Gasteiger partial charge in [0.1, 0.15) is 0 Å². The Kier molecular flexibility index (Phi) is 4.89. The summed E-state index contributed by atoms with van der Waals surface area (Å²) in [6.07, 6.45) is 10.3. The van der Waals surface area contributed by atoms with E-state index in [1.165, 1.54) is 56.3 Å². The number of likely N-dealkylation sites (tertiary alicyclic amines) is 1. The van der Waals surface area contributed by atoms with E-state index in [0.29, 0.717) is 0 Å². The summed E-state index contributed by atoms with van der Waals surface area (Å²) in [5.41, 5.74) is 1.60. The Morgan fingerprint density at radius 1 is 1.26 bits per heavy atom. The number of allylic oxidation sites excluding steroid dienone is 2. The van der Waals surface area contributed by atoms with Gasteiger partial charge in [0.15, 0.2) is 0 Å². The average molecular weight is 262 g/mol. The third kappa shape index (κ3) is 3.51. The first kappa shape index (κ1) is 14.8. The molecule has 108 valence electrons. The zero-order valence-corrected chi connectivity index (χ0v) is 13.2. The van der Waals surface area contributed by atoms with E-state index >= 15 is 0 Å². The van der Waals surface area contributed by atoms with Gasteiger partial charge in [0.25, 0.3) is 0 Å². The van der Waals surface area contributed by atoms with Crippen LogP contribution >= 0.6 is 0 Å². The van der Waals surface area contributed by atoms with Crippen LogP contribution in [0.15, 0.2) is 24.3 Å². The summed E-state index contributed by atoms with van der Waals surface area (Å²) in [5, 5.41) is 0. The highest BCUT2D eigenvalue weighted by molar-refractivity contribution is 5.08. The zero-order chi connectivity index (χ0) is 13.9. The maximum Gasteiger partial charge on any atom is 0.0971 e. The third-order valence-electron chi connectivity index (χ3n) is 5.48. The molecule has 2 aliphatic rings. The molecule has 1 nitrogen and oxygen atoms in total. The molecule has 19 heavy (non-hydrogen) atoms. The maximum atomic E-state index is 4.02. The molecule has 0 N–H and O–H groups in total. The Morgan fingerprint density at radius 2 is 1.95 bits per heavy atom. The van der Waals surface area contributed by atoms with E-state index in [4.69, 9.17) is 0 Å². The monoisotopic (exact) mass is 262 g/mol. The molecule has 0 aromatic heterocycles. The molecule has 0 aromatic rings. The average Bonchev–Trinajstić information content (AvgIpc) is 2.35. The second-order valence-electron chi connectivity index (χ2n) is 7.22. The SMILES string of the molecule is C=CC[N+]1(C[C@@H]2[C@H](C)C=C(C)C[C@@H]2C)CCCCC1. The van der Waals surface area contributed by atoms with Crippen LogP contribution in [0.2, 0.25) is 0 Å². The van der Waals surface area contributed by atoms with Crippen molar-refractivity contribution in [1.82, 2.24) is 0 Å². The van der Waals surface area contributed by atoms with Gasteiger partial charge in [-0.15, -0.1) is 0 Å². The van der Waals surface area contributed by atoms with Gasteiger partial charge in [-0.1, -0.05) is 32.1 Å². The molecule has 0 spiro atoms. The Bertz CT molecular complexity index is 336. The maximum absolute atomic E-state index is 4.02. The zero-order valence-electron chi connectivity index (χ0n) is 13.2. The van der Waals surface area contributed by atoms with E-state index in [-0.39, 0.29) is 0 Å². The first-order valence-corrected chi connectivity index (χ1v) is 8.19. The molecule has 0 unspecified atom stereocenters. The van der Waals surface area contributed by atoms with Crippen molar-refractivity contribution in [2.75, 3.05) is 26.2 Å². The molecule has 0 saturated carbocycles. The summed E-state index contributed by atoms with van der Waals surface area (Å²) < 4.78 is 1.32. The fourth-order valence-corrected chi connectivity index (χ4v) is 4.51. The topological polar surface area (TPSA) is 0 Å². The van der Waals surface area contributed by atoms with Gasteiger partial charge in [-0.25, -0.2) is 0 Å². The van der Waals surface area contributed by atoms with Crippen LogP contribution in [0.25, 0.3) is 0 Å². The van der Waals surface area contributed by atoms with Crippen LogP contribution in [-0.4, -0.2) is 30.7 Å². The second kappa shape index (κ2) is 6.26. The van der Waals surface area contributed by atoms with Gasteiger partial charge in [-0.3, -0.25) is 0 Å². The molecule has 1 aliphatic heterocycles. The van der Waals surface area contributed by atoms with Crippen LogP contribution in [0.3, 0.4) is 0 Å². The highest BCUT2D eigenvalue weighted by Gasteiger charge is 2.37. The highest BCUT2D eigenvalue weighted by Crippen LogP contribution is 2.36. The number of rotatable bonds is 4. The lowest BCUT2D eigenvalue weighted by atomic mass is 9.74. The summed E-state index contributed by atoms with van der Waals surface area (Å²) >= 11 is 0. The molecule has 0 radical (unpaired) electrons. The van der Waals surface area contributed by atoms with E-state index in [2.05, 4.69) is 39.5 Å². The van der Waals surface area contributed by atoms with Gasteiger partial charge in [0.05, 0.1) is 26.2 Å². The minimum Gasteiger partial charge on any atom is -0.320 e. The summed E-state index contributed by atoms with van der Waals surface area (Å²) in [6.45, 7) is 16.5. The fraction of sp³-hybridized carbons (Fsp3) is 0.778. The van der Waals surface area contributed by atoms with Gasteiger partial charge in [-0.05, 0) is 50.5 Å². The van der Waals surface area contributed by atoms with Crippen molar-refractivity contribution in [2.24, 2.45) is 17.8 Å². The van der Waals surface area contributed by atoms with Gasteiger partial charge >= 0.3 is 0 Å². The quantitative estimate of drug-likeness (QED) is 0.520. The number of hydrogen-bond donors (Lipinski definition) is 0. The van der Waals surface area contributed by atoms with Crippen LogP contribution in [0.5, 0.6) is 0 Å². The lowest BCUT2D eigenvalue weighted by Crippen LogP contribution is -2.55. The van der Waals surface area contributed by atoms with Crippen molar-refractivity contribution in [3.63, 3.8) is 0 Å². The Labute approximate surface area is 120 Å². The van der Waals surface area contributed by atoms with Crippen molar-refractivity contribution in [3.05, 3.63) is 24.3 Å². The molecule has 2 rings (SSSR count). The molecule has 1 heteroatoms. The molecule has 3 atom stereocenters. The third-order valence-corrected chi connectivity index (χ3v) is 5.48. The number of hydrogen-bond acceptors (Lipinski definition) is 0. The van der Waals surface area contributed by atoms with E-state index < -0.39 is 0 Å². The summed E-state index contributed by atoms with van der Waals surface area (Å²) in [4.78, 5) is 0. The smallest absolute Gasteiger partial charge is 0.0971 e. The van der Waals surface area contributed by atoms with E-state index in [0.717, 1.165) is 17.8 Å². The molecular formula is C18H32N+. The predicted octanol–water partition coefficient (Wildman–Crippen LogP) is 4.41. The Morgan fingerprint density at radius 3 is 2.53 bits per heavy atom. The molecule has 1 aliphatic carbocycles. The lowest BCUT2D eigenvalue weighted by molar-refractivity contribution is -0.931. The molecule has 0 amide bonds. The van der Waals surface area contributed by atoms with E-state index in [1.807, 2.05) is 0 Å². The van der Waals surface area contributed by atoms with E-state index in [1.54, 1.807) is 5.57 Å². The van der Waals surface area contributed by atoms with Crippen LogP contribution < -0.4 is 0 Å². The van der Waals surface area contributed by atoms with Gasteiger partial charge in [0.2, 0.25) is 0 Å². The number of nitrogens with zero attached hydrogens (tertiary/aromatic N) is 1. The fourth-order valence-electron chi connectivity index (χ4n) is 4.51. The van der Waals surface area contributed by atoms with Crippen LogP contribution in [-0.2, 0) is 0 Å². The first-order valence-electron chi connectivity index (χ1n) is 8.19. The van der Waals surface area contributed by atoms with Crippen molar-refractivity contribution in [1.29, 1.82) is 0 Å². The summed E-state index contributed by atoms with van der Waals surface area (Å²) in [6, 6.07) is 0. The van der Waals surface area contributed by atoms with Gasteiger partial charge < -0.3 is 4.48 Å². The summed E-state index contributed by atoms with van der Waals surface area (Å²) in [7, 11) is 0. The Balaban J connectivity index is 2.10. The minimum atomic E-state index is 0.755. The minimum absolute atomic E-state index is 0.755. The number of quaternary nitrogens is 1. The molecular weight excluding hydrogens is 230 g/mol. The molecule has 0 bridgehead atoms. The standard InChI is InChI=1S/C18H32N/c1-5-9-19(10-7-6-8-11-19)14-18-16(3)12-15(2)13-17(18)4/h5,12,16-18H,1,6-11,13-14H2,2-4H3/q+1/t16-,17+,18-/m1/s1. The van der Waals surface area contributed by atoms with Crippen LogP contribution in [0.1, 0.15) is 46.5 Å². The first-order chi connectivity index (χ1) is 9.06. The highest BCUT2D eigenvalue weighted by atomic mass is 15.4. The molecule has 1 heterocycles.